The number of thioether (sulfide) groups is 1. The number of benzene rings is 2. The number of amides is 2. The number of amidine groups is 1. The van der Waals surface area contributed by atoms with Crippen molar-refractivity contribution in [2.24, 2.45) is 10.9 Å². The van der Waals surface area contributed by atoms with Crippen LogP contribution < -0.4 is 10.1 Å². The zero-order valence-electron chi connectivity index (χ0n) is 17.7. The van der Waals surface area contributed by atoms with E-state index in [1.165, 1.54) is 53.4 Å². The van der Waals surface area contributed by atoms with Gasteiger partial charge in [0.05, 0.1) is 5.69 Å². The molecule has 0 saturated carbocycles. The molecule has 0 spiro atoms. The van der Waals surface area contributed by atoms with Crippen molar-refractivity contribution in [1.29, 1.82) is 0 Å². The minimum absolute atomic E-state index is 0.0364. The van der Waals surface area contributed by atoms with Gasteiger partial charge in [-0.05, 0) is 54.4 Å². The van der Waals surface area contributed by atoms with Gasteiger partial charge in [0.15, 0.2) is 5.17 Å². The monoisotopic (exact) mass is 499 g/mol. The fourth-order valence-electron chi connectivity index (χ4n) is 2.97. The summed E-state index contributed by atoms with van der Waals surface area (Å²) in [6, 6.07) is 10.7. The van der Waals surface area contributed by atoms with Crippen LogP contribution >= 0.6 is 23.4 Å². The number of ether oxygens (including phenoxy) is 1. The SMILES string of the molecule is CC(C)CN1C(=O)CC(C(=O)Nc2ccc(OC(F)(F)Cl)cc2)SC1=Nc1ccc(F)cc1. The Labute approximate surface area is 198 Å². The molecule has 1 N–H and O–H groups in total. The summed E-state index contributed by atoms with van der Waals surface area (Å²) in [6.07, 6.45) is -0.0364. The average molecular weight is 500 g/mol. The van der Waals surface area contributed by atoms with Crippen molar-refractivity contribution in [3.8, 4) is 5.75 Å². The van der Waals surface area contributed by atoms with E-state index in [1.54, 1.807) is 0 Å². The van der Waals surface area contributed by atoms with Crippen molar-refractivity contribution in [2.45, 2.75) is 31.1 Å². The van der Waals surface area contributed by atoms with Crippen LogP contribution in [0.2, 0.25) is 0 Å². The third-order valence-corrected chi connectivity index (χ3v) is 5.65. The van der Waals surface area contributed by atoms with E-state index >= 15 is 0 Å². The Kier molecular flexibility index (Phi) is 7.91. The minimum Gasteiger partial charge on any atom is -0.420 e. The summed E-state index contributed by atoms with van der Waals surface area (Å²) in [7, 11) is 0. The first-order valence-electron chi connectivity index (χ1n) is 9.98. The molecule has 1 fully saturated rings. The van der Waals surface area contributed by atoms with Gasteiger partial charge in [-0.2, -0.15) is 0 Å². The molecule has 1 aliphatic rings. The summed E-state index contributed by atoms with van der Waals surface area (Å²) in [5.74, 6) is -1.11. The molecule has 1 heterocycles. The molecular weight excluding hydrogens is 479 g/mol. The molecule has 2 aromatic rings. The van der Waals surface area contributed by atoms with Crippen LogP contribution in [0.4, 0.5) is 24.5 Å². The lowest BCUT2D eigenvalue weighted by molar-refractivity contribution is -0.129. The molecule has 33 heavy (non-hydrogen) atoms. The third kappa shape index (κ3) is 7.40. The molecule has 6 nitrogen and oxygen atoms in total. The normalized spacial score (nSPS) is 18.0. The summed E-state index contributed by atoms with van der Waals surface area (Å²) in [5, 5.41) is 2.24. The topological polar surface area (TPSA) is 71.0 Å². The highest BCUT2D eigenvalue weighted by molar-refractivity contribution is 8.15. The van der Waals surface area contributed by atoms with E-state index in [4.69, 9.17) is 11.6 Å². The van der Waals surface area contributed by atoms with Gasteiger partial charge in [-0.15, -0.1) is 8.78 Å². The van der Waals surface area contributed by atoms with Crippen LogP contribution in [0.5, 0.6) is 5.75 Å². The minimum atomic E-state index is -3.84. The summed E-state index contributed by atoms with van der Waals surface area (Å²) in [4.78, 5) is 31.6. The maximum atomic E-state index is 13.2. The van der Waals surface area contributed by atoms with E-state index in [0.29, 0.717) is 23.1 Å². The van der Waals surface area contributed by atoms with Crippen molar-refractivity contribution in [3.63, 3.8) is 0 Å². The van der Waals surface area contributed by atoms with Crippen molar-refractivity contribution < 1.29 is 27.5 Å². The van der Waals surface area contributed by atoms with Crippen molar-refractivity contribution in [1.82, 2.24) is 4.90 Å². The van der Waals surface area contributed by atoms with Crippen LogP contribution in [0.3, 0.4) is 0 Å². The van der Waals surface area contributed by atoms with Crippen LogP contribution in [0.15, 0.2) is 53.5 Å². The van der Waals surface area contributed by atoms with E-state index in [1.807, 2.05) is 13.8 Å². The van der Waals surface area contributed by atoms with Gasteiger partial charge in [0.1, 0.15) is 16.8 Å². The van der Waals surface area contributed by atoms with Gasteiger partial charge >= 0.3 is 5.57 Å². The molecule has 0 radical (unpaired) electrons. The van der Waals surface area contributed by atoms with Crippen LogP contribution in [-0.2, 0) is 9.59 Å². The van der Waals surface area contributed by atoms with Crippen LogP contribution in [-0.4, -0.2) is 39.2 Å². The fraction of sp³-hybridized carbons (Fsp3) is 0.318. The second kappa shape index (κ2) is 10.5. The van der Waals surface area contributed by atoms with Crippen LogP contribution in [0.1, 0.15) is 20.3 Å². The molecule has 2 amide bonds. The number of rotatable bonds is 7. The molecule has 2 aromatic carbocycles. The first-order valence-corrected chi connectivity index (χ1v) is 11.2. The molecule has 11 heteroatoms. The number of nitrogens with one attached hydrogen (secondary N) is 1. The van der Waals surface area contributed by atoms with E-state index in [0.717, 1.165) is 11.8 Å². The number of carbonyl (C=O) groups excluding carboxylic acids is 2. The molecule has 0 aliphatic carbocycles. The second-order valence-electron chi connectivity index (χ2n) is 7.64. The van der Waals surface area contributed by atoms with Crippen molar-refractivity contribution in [3.05, 3.63) is 54.3 Å². The molecule has 1 aliphatic heterocycles. The van der Waals surface area contributed by atoms with Gasteiger partial charge in [-0.1, -0.05) is 25.6 Å². The average Bonchev–Trinajstić information content (AvgIpc) is 2.72. The Morgan fingerprint density at radius 1 is 1.24 bits per heavy atom. The lowest BCUT2D eigenvalue weighted by Gasteiger charge is -2.32. The largest absolute Gasteiger partial charge is 0.487 e. The number of hydrogen-bond acceptors (Lipinski definition) is 5. The summed E-state index contributed by atoms with van der Waals surface area (Å²) >= 11 is 5.87. The standard InChI is InChI=1S/C22H21ClF3N3O3S/c1-13(2)12-29-19(30)11-18(33-21(29)28-16-5-3-14(24)4-6-16)20(31)27-15-7-9-17(10-8-15)32-22(23,25)26/h3-10,13,18H,11-12H2,1-2H3,(H,27,31). The Morgan fingerprint density at radius 3 is 2.45 bits per heavy atom. The number of alkyl halides is 3. The predicted octanol–water partition coefficient (Wildman–Crippen LogP) is 5.61. The van der Waals surface area contributed by atoms with Crippen molar-refractivity contribution >= 4 is 51.7 Å². The van der Waals surface area contributed by atoms with Gasteiger partial charge in [0.25, 0.3) is 0 Å². The van der Waals surface area contributed by atoms with Crippen molar-refractivity contribution in [2.75, 3.05) is 11.9 Å². The highest BCUT2D eigenvalue weighted by Crippen LogP contribution is 2.31. The molecule has 176 valence electrons. The number of aliphatic imine (C=N–C) groups is 1. The Bertz CT molecular complexity index is 1030. The Morgan fingerprint density at radius 2 is 1.88 bits per heavy atom. The summed E-state index contributed by atoms with van der Waals surface area (Å²) < 4.78 is 42.9. The lowest BCUT2D eigenvalue weighted by Crippen LogP contribution is -2.46. The van der Waals surface area contributed by atoms with Gasteiger partial charge in [-0.25, -0.2) is 9.38 Å². The quantitative estimate of drug-likeness (QED) is 0.503. The number of nitrogens with zero attached hydrogens (tertiary/aromatic N) is 2. The molecule has 3 rings (SSSR count). The van der Waals surface area contributed by atoms with Gasteiger partial charge < -0.3 is 10.1 Å². The van der Waals surface area contributed by atoms with Gasteiger partial charge in [-0.3, -0.25) is 14.5 Å². The van der Waals surface area contributed by atoms with Gasteiger partial charge in [0.2, 0.25) is 11.8 Å². The first kappa shape index (κ1) is 24.9. The molecule has 0 bridgehead atoms. The Hall–Kier alpha value is -2.72. The van der Waals surface area contributed by atoms with E-state index < -0.39 is 22.5 Å². The van der Waals surface area contributed by atoms with E-state index in [9.17, 15) is 22.8 Å². The molecule has 0 aromatic heterocycles. The number of anilines is 1. The van der Waals surface area contributed by atoms with E-state index in [-0.39, 0.29) is 24.0 Å². The zero-order valence-corrected chi connectivity index (χ0v) is 19.3. The second-order valence-corrected chi connectivity index (χ2v) is 9.25. The number of carbonyl (C=O) groups is 2. The smallest absolute Gasteiger partial charge is 0.420 e. The van der Waals surface area contributed by atoms with Crippen LogP contribution in [0, 0.1) is 11.7 Å². The third-order valence-electron chi connectivity index (χ3n) is 4.39. The fourth-order valence-corrected chi connectivity index (χ4v) is 4.17. The maximum absolute atomic E-state index is 13.2. The Balaban J connectivity index is 1.75. The predicted molar refractivity (Wildman–Crippen MR) is 123 cm³/mol. The number of hydrogen-bond donors (Lipinski definition) is 1. The molecular formula is C22H21ClF3N3O3S. The molecule has 1 atom stereocenters. The number of halogens is 4. The summed E-state index contributed by atoms with van der Waals surface area (Å²) in [5.41, 5.74) is -3.06. The summed E-state index contributed by atoms with van der Waals surface area (Å²) in [6.45, 7) is 4.34. The molecule has 1 saturated heterocycles. The zero-order chi connectivity index (χ0) is 24.2. The lowest BCUT2D eigenvalue weighted by atomic mass is 10.2. The highest BCUT2D eigenvalue weighted by Gasteiger charge is 2.36. The van der Waals surface area contributed by atoms with Crippen LogP contribution in [0.25, 0.3) is 0 Å². The first-order chi connectivity index (χ1) is 15.5. The molecule has 1 unspecified atom stereocenters. The highest BCUT2D eigenvalue weighted by atomic mass is 35.5. The van der Waals surface area contributed by atoms with E-state index in [2.05, 4.69) is 15.0 Å². The van der Waals surface area contributed by atoms with Gasteiger partial charge in [0, 0.05) is 30.3 Å². The maximum Gasteiger partial charge on any atom is 0.487 e.